The number of halogens is 2. The molecule has 166 valence electrons. The molecule has 2 heterocycles. The van der Waals surface area contributed by atoms with Crippen molar-refractivity contribution in [3.05, 3.63) is 98.5 Å². The third kappa shape index (κ3) is 3.43. The number of fused-ring (bicyclic) bond motifs is 1. The fourth-order valence-electron chi connectivity index (χ4n) is 4.27. The van der Waals surface area contributed by atoms with Crippen LogP contribution in [0.1, 0.15) is 11.6 Å². The molecule has 0 bridgehead atoms. The quantitative estimate of drug-likeness (QED) is 0.296. The number of hydroxylamine groups is 1. The second kappa shape index (κ2) is 8.15. The van der Waals surface area contributed by atoms with Crippen LogP contribution in [0.4, 0.5) is 17.1 Å². The molecule has 10 heteroatoms. The molecular formula is C23H15Cl2N3O5. The zero-order valence-corrected chi connectivity index (χ0v) is 18.3. The number of anilines is 2. The van der Waals surface area contributed by atoms with Crippen molar-refractivity contribution in [3.63, 3.8) is 0 Å². The van der Waals surface area contributed by atoms with Crippen LogP contribution >= 0.6 is 23.2 Å². The van der Waals surface area contributed by atoms with E-state index in [2.05, 4.69) is 0 Å². The zero-order valence-electron chi connectivity index (χ0n) is 16.8. The maximum absolute atomic E-state index is 13.6. The summed E-state index contributed by atoms with van der Waals surface area (Å²) in [6, 6.07) is 18.9. The predicted molar refractivity (Wildman–Crippen MR) is 122 cm³/mol. The molecule has 2 aliphatic rings. The van der Waals surface area contributed by atoms with Crippen LogP contribution in [0.2, 0.25) is 10.0 Å². The first-order valence-corrected chi connectivity index (χ1v) is 10.7. The minimum Gasteiger partial charge on any atom is -0.273 e. The molecule has 3 aromatic carbocycles. The molecule has 0 aliphatic carbocycles. The summed E-state index contributed by atoms with van der Waals surface area (Å²) in [7, 11) is 0. The maximum atomic E-state index is 13.6. The van der Waals surface area contributed by atoms with Crippen molar-refractivity contribution in [2.75, 3.05) is 9.96 Å². The van der Waals surface area contributed by atoms with E-state index in [4.69, 9.17) is 28.0 Å². The smallest absolute Gasteiger partial charge is 0.269 e. The van der Waals surface area contributed by atoms with E-state index in [-0.39, 0.29) is 21.4 Å². The molecule has 0 radical (unpaired) electrons. The topological polar surface area (TPSA) is 93.0 Å². The highest BCUT2D eigenvalue weighted by Gasteiger charge is 2.60. The van der Waals surface area contributed by atoms with Gasteiger partial charge < -0.3 is 0 Å². The Balaban J connectivity index is 1.60. The van der Waals surface area contributed by atoms with E-state index < -0.39 is 34.8 Å². The molecule has 3 atom stereocenters. The van der Waals surface area contributed by atoms with Gasteiger partial charge in [-0.3, -0.25) is 24.5 Å². The average molecular weight is 484 g/mol. The van der Waals surface area contributed by atoms with Crippen LogP contribution in [0.3, 0.4) is 0 Å². The second-order valence-electron chi connectivity index (χ2n) is 7.59. The number of benzene rings is 3. The summed E-state index contributed by atoms with van der Waals surface area (Å²) >= 11 is 12.6. The van der Waals surface area contributed by atoms with E-state index in [0.717, 1.165) is 4.90 Å². The molecule has 0 aromatic heterocycles. The number of nitro benzene ring substituents is 1. The molecular weight excluding hydrogens is 469 g/mol. The molecule has 0 saturated carbocycles. The normalized spacial score (nSPS) is 22.1. The lowest BCUT2D eigenvalue weighted by Gasteiger charge is -2.29. The fourth-order valence-corrected chi connectivity index (χ4v) is 4.83. The zero-order chi connectivity index (χ0) is 23.3. The summed E-state index contributed by atoms with van der Waals surface area (Å²) in [5, 5.41) is 12.9. The number of carbonyl (C=O) groups excluding carboxylic acids is 2. The number of amides is 2. The van der Waals surface area contributed by atoms with Gasteiger partial charge in [0.1, 0.15) is 5.92 Å². The van der Waals surface area contributed by atoms with Crippen LogP contribution in [-0.2, 0) is 14.4 Å². The molecule has 0 unspecified atom stereocenters. The number of carbonyl (C=O) groups is 2. The Morgan fingerprint density at radius 2 is 1.48 bits per heavy atom. The molecule has 8 nitrogen and oxygen atoms in total. The molecule has 2 amide bonds. The number of para-hydroxylation sites is 2. The van der Waals surface area contributed by atoms with Gasteiger partial charge in [0.15, 0.2) is 6.10 Å². The first-order valence-electron chi connectivity index (χ1n) is 9.95. The SMILES string of the molecule is O=C1[C@H]2[C@H](ON(c3ccccc3)[C@@H]2c2ccc([N+](=O)[O-])cc2)C(=O)N1c1c(Cl)cccc1Cl. The number of hydrogen-bond donors (Lipinski definition) is 0. The molecule has 3 aromatic rings. The van der Waals surface area contributed by atoms with Crippen molar-refractivity contribution in [2.24, 2.45) is 5.92 Å². The van der Waals surface area contributed by atoms with E-state index in [9.17, 15) is 19.7 Å². The lowest BCUT2D eigenvalue weighted by molar-refractivity contribution is -0.384. The lowest BCUT2D eigenvalue weighted by atomic mass is 9.90. The van der Waals surface area contributed by atoms with Crippen molar-refractivity contribution >= 4 is 52.1 Å². The fraction of sp³-hybridized carbons (Fsp3) is 0.130. The van der Waals surface area contributed by atoms with Crippen molar-refractivity contribution < 1.29 is 19.3 Å². The number of rotatable bonds is 4. The highest BCUT2D eigenvalue weighted by molar-refractivity contribution is 6.42. The van der Waals surface area contributed by atoms with E-state index >= 15 is 0 Å². The van der Waals surface area contributed by atoms with E-state index in [1.54, 1.807) is 54.6 Å². The Bertz CT molecular complexity index is 1250. The summed E-state index contributed by atoms with van der Waals surface area (Å²) in [5.41, 5.74) is 1.25. The second-order valence-corrected chi connectivity index (χ2v) is 8.40. The Kier molecular flexibility index (Phi) is 5.28. The van der Waals surface area contributed by atoms with Gasteiger partial charge in [-0.2, -0.15) is 0 Å². The summed E-state index contributed by atoms with van der Waals surface area (Å²) in [6.07, 6.45) is -1.11. The summed E-state index contributed by atoms with van der Waals surface area (Å²) in [5.74, 6) is -2.00. The predicted octanol–water partition coefficient (Wildman–Crippen LogP) is 4.95. The molecule has 33 heavy (non-hydrogen) atoms. The van der Waals surface area contributed by atoms with Gasteiger partial charge >= 0.3 is 0 Å². The lowest BCUT2D eigenvalue weighted by Crippen LogP contribution is -2.37. The first-order chi connectivity index (χ1) is 15.9. The molecule has 2 aliphatic heterocycles. The van der Waals surface area contributed by atoms with E-state index in [1.165, 1.54) is 17.2 Å². The van der Waals surface area contributed by atoms with Gasteiger partial charge in [0, 0.05) is 12.1 Å². The van der Waals surface area contributed by atoms with Gasteiger partial charge in [-0.15, -0.1) is 0 Å². The Morgan fingerprint density at radius 3 is 2.09 bits per heavy atom. The van der Waals surface area contributed by atoms with Crippen LogP contribution < -0.4 is 9.96 Å². The van der Waals surface area contributed by atoms with Crippen LogP contribution in [0.15, 0.2) is 72.8 Å². The maximum Gasteiger partial charge on any atom is 0.269 e. The van der Waals surface area contributed by atoms with Crippen molar-refractivity contribution in [1.29, 1.82) is 0 Å². The van der Waals surface area contributed by atoms with Gasteiger partial charge in [-0.1, -0.05) is 59.6 Å². The average Bonchev–Trinajstić information content (AvgIpc) is 3.31. The van der Waals surface area contributed by atoms with Crippen molar-refractivity contribution in [3.8, 4) is 0 Å². The minimum atomic E-state index is -1.11. The third-order valence-corrected chi connectivity index (χ3v) is 6.34. The summed E-state index contributed by atoms with van der Waals surface area (Å²) in [6.45, 7) is 0. The van der Waals surface area contributed by atoms with Gasteiger partial charge in [0.2, 0.25) is 5.91 Å². The molecule has 5 rings (SSSR count). The van der Waals surface area contributed by atoms with Crippen LogP contribution in [-0.4, -0.2) is 22.8 Å². The largest absolute Gasteiger partial charge is 0.273 e. The molecule has 2 saturated heterocycles. The van der Waals surface area contributed by atoms with Gasteiger partial charge in [0.25, 0.3) is 11.6 Å². The number of imide groups is 1. The number of hydrogen-bond acceptors (Lipinski definition) is 6. The monoisotopic (exact) mass is 483 g/mol. The number of non-ortho nitro benzene ring substituents is 1. The molecule has 0 spiro atoms. The highest BCUT2D eigenvalue weighted by atomic mass is 35.5. The highest BCUT2D eigenvalue weighted by Crippen LogP contribution is 2.49. The minimum absolute atomic E-state index is 0.0845. The standard InChI is InChI=1S/C23H15Cl2N3O5/c24-16-7-4-8-17(25)20(16)26-22(29)18-19(13-9-11-15(12-10-13)28(31)32)27(33-21(18)23(26)30)14-5-2-1-3-6-14/h1-12,18-19,21H/t18-,19-,21+/m1/s1. The Labute approximate surface area is 198 Å². The van der Waals surface area contributed by atoms with E-state index in [0.29, 0.717) is 11.3 Å². The Hall–Kier alpha value is -3.46. The van der Waals surface area contributed by atoms with Gasteiger partial charge in [-0.25, -0.2) is 9.96 Å². The van der Waals surface area contributed by atoms with Crippen LogP contribution in [0, 0.1) is 16.0 Å². The van der Waals surface area contributed by atoms with Gasteiger partial charge in [-0.05, 0) is 29.8 Å². The number of nitrogens with zero attached hydrogens (tertiary/aromatic N) is 3. The van der Waals surface area contributed by atoms with Crippen LogP contribution in [0.5, 0.6) is 0 Å². The van der Waals surface area contributed by atoms with Crippen molar-refractivity contribution in [1.82, 2.24) is 0 Å². The van der Waals surface area contributed by atoms with Crippen molar-refractivity contribution in [2.45, 2.75) is 12.1 Å². The first kappa shape index (κ1) is 21.4. The summed E-state index contributed by atoms with van der Waals surface area (Å²) < 4.78 is 0. The number of nitro groups is 1. The van der Waals surface area contributed by atoms with Crippen LogP contribution in [0.25, 0.3) is 0 Å². The Morgan fingerprint density at radius 1 is 0.848 bits per heavy atom. The molecule has 2 fully saturated rings. The summed E-state index contributed by atoms with van der Waals surface area (Å²) in [4.78, 5) is 44.6. The molecule has 0 N–H and O–H groups in total. The van der Waals surface area contributed by atoms with Gasteiger partial charge in [0.05, 0.1) is 32.4 Å². The van der Waals surface area contributed by atoms with E-state index in [1.807, 2.05) is 6.07 Å². The third-order valence-electron chi connectivity index (χ3n) is 5.73.